The second kappa shape index (κ2) is 5.74. The summed E-state index contributed by atoms with van der Waals surface area (Å²) in [7, 11) is 0. The highest BCUT2D eigenvalue weighted by Gasteiger charge is 2.30. The van der Waals surface area contributed by atoms with Crippen LogP contribution in [0.15, 0.2) is 29.4 Å². The summed E-state index contributed by atoms with van der Waals surface area (Å²) in [6.45, 7) is 2.05. The van der Waals surface area contributed by atoms with E-state index in [0.29, 0.717) is 5.82 Å². The third-order valence-corrected chi connectivity index (χ3v) is 3.57. The maximum Gasteiger partial charge on any atom is 0.417 e. The molecule has 0 aliphatic heterocycles. The zero-order chi connectivity index (χ0) is 14.8. The van der Waals surface area contributed by atoms with Crippen LogP contribution in [0, 0.1) is 0 Å². The molecule has 8 heteroatoms. The largest absolute Gasteiger partial charge is 0.417 e. The van der Waals surface area contributed by atoms with Crippen molar-refractivity contribution in [1.82, 2.24) is 14.8 Å². The molecule has 0 saturated heterocycles. The number of thioether (sulfide) groups is 1. The van der Waals surface area contributed by atoms with Crippen LogP contribution in [0.1, 0.15) is 18.9 Å². The first kappa shape index (κ1) is 14.7. The van der Waals surface area contributed by atoms with Crippen molar-refractivity contribution in [3.8, 4) is 5.82 Å². The van der Waals surface area contributed by atoms with Gasteiger partial charge in [-0.1, -0.05) is 6.92 Å². The van der Waals surface area contributed by atoms with E-state index in [4.69, 9.17) is 5.73 Å². The fourth-order valence-corrected chi connectivity index (χ4v) is 2.27. The molecule has 0 aliphatic rings. The van der Waals surface area contributed by atoms with Crippen molar-refractivity contribution < 1.29 is 13.2 Å². The quantitative estimate of drug-likeness (QED) is 0.880. The van der Waals surface area contributed by atoms with Gasteiger partial charge >= 0.3 is 6.18 Å². The molecule has 2 N–H and O–H groups in total. The normalized spacial score (nSPS) is 11.8. The minimum atomic E-state index is -4.40. The van der Waals surface area contributed by atoms with Gasteiger partial charge in [0.25, 0.3) is 0 Å². The number of nitrogen functional groups attached to an aromatic ring is 1. The molecule has 2 heterocycles. The van der Waals surface area contributed by atoms with Crippen LogP contribution in [0.2, 0.25) is 0 Å². The van der Waals surface area contributed by atoms with E-state index in [1.54, 1.807) is 6.07 Å². The number of anilines is 1. The van der Waals surface area contributed by atoms with Crippen LogP contribution in [-0.2, 0) is 6.18 Å². The van der Waals surface area contributed by atoms with Crippen LogP contribution >= 0.6 is 11.8 Å². The molecule has 2 rings (SSSR count). The van der Waals surface area contributed by atoms with Gasteiger partial charge in [-0.2, -0.15) is 23.0 Å². The average molecular weight is 302 g/mol. The number of nitrogens with zero attached hydrogens (tertiary/aromatic N) is 3. The van der Waals surface area contributed by atoms with Crippen molar-refractivity contribution >= 4 is 17.6 Å². The lowest BCUT2D eigenvalue weighted by molar-refractivity contribution is -0.137. The van der Waals surface area contributed by atoms with Crippen LogP contribution in [0.25, 0.3) is 5.82 Å². The van der Waals surface area contributed by atoms with Gasteiger partial charge in [0.15, 0.2) is 5.82 Å². The first-order valence-corrected chi connectivity index (χ1v) is 6.92. The Bertz CT molecular complexity index is 577. The van der Waals surface area contributed by atoms with Gasteiger partial charge in [-0.25, -0.2) is 4.98 Å². The van der Waals surface area contributed by atoms with Gasteiger partial charge in [0.1, 0.15) is 10.8 Å². The summed E-state index contributed by atoms with van der Waals surface area (Å²) >= 11 is 1.54. The van der Waals surface area contributed by atoms with Crippen molar-refractivity contribution in [1.29, 1.82) is 0 Å². The van der Waals surface area contributed by atoms with Crippen LogP contribution < -0.4 is 5.73 Å². The topological polar surface area (TPSA) is 56.7 Å². The molecular weight excluding hydrogens is 289 g/mol. The zero-order valence-electron chi connectivity index (χ0n) is 10.7. The van der Waals surface area contributed by atoms with Crippen molar-refractivity contribution in [3.63, 3.8) is 0 Å². The van der Waals surface area contributed by atoms with E-state index >= 15 is 0 Å². The highest BCUT2D eigenvalue weighted by atomic mass is 32.2. The molecule has 0 spiro atoms. The Morgan fingerprint density at radius 2 is 2.10 bits per heavy atom. The number of hydrogen-bond donors (Lipinski definition) is 1. The molecule has 0 unspecified atom stereocenters. The molecule has 0 radical (unpaired) electrons. The lowest BCUT2D eigenvalue weighted by Crippen LogP contribution is -2.08. The second-order valence-corrected chi connectivity index (χ2v) is 5.19. The van der Waals surface area contributed by atoms with E-state index in [1.165, 1.54) is 22.5 Å². The van der Waals surface area contributed by atoms with Gasteiger partial charge in [-0.05, 0) is 24.3 Å². The molecule has 0 atom stereocenters. The lowest BCUT2D eigenvalue weighted by Gasteiger charge is -2.07. The minimum Gasteiger partial charge on any atom is -0.383 e. The predicted octanol–water partition coefficient (Wildman–Crippen LogP) is 3.37. The summed E-state index contributed by atoms with van der Waals surface area (Å²) in [6.07, 6.45) is -2.63. The maximum atomic E-state index is 12.5. The number of hydrogen-bond acceptors (Lipinski definition) is 4. The predicted molar refractivity (Wildman–Crippen MR) is 71.8 cm³/mol. The van der Waals surface area contributed by atoms with Crippen molar-refractivity contribution in [2.75, 3.05) is 11.5 Å². The molecule has 2 aromatic heterocycles. The standard InChI is InChI=1S/C12H13F3N4S/c1-2-5-20-11-6-9(16)19(18-11)10-4-3-8(7-17-10)12(13,14)15/h3-4,6-7H,2,5,16H2,1H3. The molecule has 0 aromatic carbocycles. The number of nitrogens with two attached hydrogens (primary N) is 1. The maximum absolute atomic E-state index is 12.5. The van der Waals surface area contributed by atoms with Gasteiger partial charge in [-0.15, -0.1) is 11.8 Å². The van der Waals surface area contributed by atoms with Gasteiger partial charge in [-0.3, -0.25) is 0 Å². The average Bonchev–Trinajstić information content (AvgIpc) is 2.77. The monoisotopic (exact) mass is 302 g/mol. The van der Waals surface area contributed by atoms with Gasteiger partial charge < -0.3 is 5.73 Å². The molecule has 0 fully saturated rings. The van der Waals surface area contributed by atoms with Crippen molar-refractivity contribution in [3.05, 3.63) is 30.0 Å². The van der Waals surface area contributed by atoms with E-state index in [9.17, 15) is 13.2 Å². The van der Waals surface area contributed by atoms with Gasteiger partial charge in [0, 0.05) is 12.3 Å². The SMILES string of the molecule is CCCSc1cc(N)n(-c2ccc(C(F)(F)F)cn2)n1. The van der Waals surface area contributed by atoms with Gasteiger partial charge in [0.05, 0.1) is 5.56 Å². The highest BCUT2D eigenvalue weighted by molar-refractivity contribution is 7.99. The fraction of sp³-hybridized carbons (Fsp3) is 0.333. The summed E-state index contributed by atoms with van der Waals surface area (Å²) in [6, 6.07) is 3.89. The summed E-state index contributed by atoms with van der Waals surface area (Å²) in [4.78, 5) is 3.76. The summed E-state index contributed by atoms with van der Waals surface area (Å²) in [5.41, 5.74) is 5.00. The molecule has 0 aliphatic carbocycles. The molecule has 0 bridgehead atoms. The minimum absolute atomic E-state index is 0.263. The number of pyridine rings is 1. The number of alkyl halides is 3. The van der Waals surface area contributed by atoms with Crippen LogP contribution in [0.3, 0.4) is 0 Å². The second-order valence-electron chi connectivity index (χ2n) is 4.07. The smallest absolute Gasteiger partial charge is 0.383 e. The van der Waals surface area contributed by atoms with E-state index in [2.05, 4.69) is 10.1 Å². The Morgan fingerprint density at radius 3 is 2.65 bits per heavy atom. The zero-order valence-corrected chi connectivity index (χ0v) is 11.5. The summed E-state index contributed by atoms with van der Waals surface area (Å²) in [5, 5.41) is 4.95. The number of aromatic nitrogens is 3. The molecule has 2 aromatic rings. The van der Waals surface area contributed by atoms with Crippen LogP contribution in [0.5, 0.6) is 0 Å². The van der Waals surface area contributed by atoms with Gasteiger partial charge in [0.2, 0.25) is 0 Å². The van der Waals surface area contributed by atoms with E-state index in [0.717, 1.165) is 29.5 Å². The highest BCUT2D eigenvalue weighted by Crippen LogP contribution is 2.29. The van der Waals surface area contributed by atoms with E-state index in [1.807, 2.05) is 6.92 Å². The van der Waals surface area contributed by atoms with Crippen molar-refractivity contribution in [2.45, 2.75) is 24.5 Å². The molecule has 0 saturated carbocycles. The first-order valence-electron chi connectivity index (χ1n) is 5.93. The molecule has 20 heavy (non-hydrogen) atoms. The lowest BCUT2D eigenvalue weighted by atomic mass is 10.3. The third-order valence-electron chi connectivity index (χ3n) is 2.46. The Kier molecular flexibility index (Phi) is 4.22. The van der Waals surface area contributed by atoms with Crippen molar-refractivity contribution in [2.24, 2.45) is 0 Å². The molecule has 4 nitrogen and oxygen atoms in total. The van der Waals surface area contributed by atoms with Crippen LogP contribution in [-0.4, -0.2) is 20.5 Å². The fourth-order valence-electron chi connectivity index (χ4n) is 1.51. The Morgan fingerprint density at radius 1 is 1.35 bits per heavy atom. The first-order chi connectivity index (χ1) is 9.41. The third kappa shape index (κ3) is 3.24. The Labute approximate surface area is 118 Å². The molecular formula is C12H13F3N4S. The van der Waals surface area contributed by atoms with E-state index < -0.39 is 11.7 Å². The summed E-state index contributed by atoms with van der Waals surface area (Å²) < 4.78 is 38.7. The number of halogens is 3. The van der Waals surface area contributed by atoms with E-state index in [-0.39, 0.29) is 5.82 Å². The van der Waals surface area contributed by atoms with Crippen LogP contribution in [0.4, 0.5) is 19.0 Å². The Balaban J connectivity index is 2.25. The molecule has 108 valence electrons. The summed E-state index contributed by atoms with van der Waals surface area (Å²) in [5.74, 6) is 1.51. The number of rotatable bonds is 4. The Hall–Kier alpha value is -1.70. The molecule has 0 amide bonds.